The molecule has 3 aromatic rings. The van der Waals surface area contributed by atoms with E-state index in [0.717, 1.165) is 61.6 Å². The predicted molar refractivity (Wildman–Crippen MR) is 137 cm³/mol. The number of amides is 1. The van der Waals surface area contributed by atoms with Crippen LogP contribution in [0, 0.1) is 0 Å². The number of hydrogen-bond acceptors (Lipinski definition) is 6. The van der Waals surface area contributed by atoms with Crippen molar-refractivity contribution in [3.8, 4) is 17.0 Å². The molecule has 0 atom stereocenters. The van der Waals surface area contributed by atoms with Gasteiger partial charge in [-0.05, 0) is 42.0 Å². The first-order valence-electron chi connectivity index (χ1n) is 11.7. The smallest absolute Gasteiger partial charge is 0.228 e. The number of ether oxygens (including phenoxy) is 1. The second kappa shape index (κ2) is 12.0. The monoisotopic (exact) mass is 495 g/mol. The van der Waals surface area contributed by atoms with Gasteiger partial charge in [-0.1, -0.05) is 23.7 Å². The second-order valence-corrected chi connectivity index (χ2v) is 9.00. The molecule has 2 aromatic carbocycles. The number of benzene rings is 2. The lowest BCUT2D eigenvalue weighted by atomic mass is 10.1. The van der Waals surface area contributed by atoms with Gasteiger partial charge in [0.15, 0.2) is 0 Å². The summed E-state index contributed by atoms with van der Waals surface area (Å²) >= 11 is 5.93. The molecule has 0 radical (unpaired) electrons. The van der Waals surface area contributed by atoms with Gasteiger partial charge in [-0.25, -0.2) is 0 Å². The second-order valence-electron chi connectivity index (χ2n) is 8.56. The van der Waals surface area contributed by atoms with E-state index in [0.29, 0.717) is 23.9 Å². The molecule has 1 saturated heterocycles. The van der Waals surface area contributed by atoms with Crippen molar-refractivity contribution in [2.75, 3.05) is 51.2 Å². The Morgan fingerprint density at radius 1 is 1.09 bits per heavy atom. The highest BCUT2D eigenvalue weighted by atomic mass is 35.5. The predicted octanol–water partition coefficient (Wildman–Crippen LogP) is 3.12. The maximum atomic E-state index is 12.6. The summed E-state index contributed by atoms with van der Waals surface area (Å²) in [6, 6.07) is 14.8. The Bertz CT molecular complexity index is 1140. The van der Waals surface area contributed by atoms with E-state index >= 15 is 0 Å². The zero-order valence-electron chi connectivity index (χ0n) is 19.8. The van der Waals surface area contributed by atoms with Gasteiger partial charge < -0.3 is 14.8 Å². The normalized spacial score (nSPS) is 14.6. The Hall–Kier alpha value is -3.20. The SMILES string of the molecule is Cn1nccc1-c1cc(NC(=O)Cc2ccc(Cl)cc2)ccc1OCCN1CCN(CC=O)CC1. The number of carbonyl (C=O) groups excluding carboxylic acids is 2. The Balaban J connectivity index is 1.40. The molecule has 0 saturated carbocycles. The van der Waals surface area contributed by atoms with Crippen molar-refractivity contribution in [2.45, 2.75) is 6.42 Å². The summed E-state index contributed by atoms with van der Waals surface area (Å²) in [5, 5.41) is 7.91. The van der Waals surface area contributed by atoms with Crippen LogP contribution in [0.4, 0.5) is 5.69 Å². The Labute approximate surface area is 210 Å². The number of aldehydes is 1. The lowest BCUT2D eigenvalue weighted by Crippen LogP contribution is -2.47. The molecular formula is C26H30ClN5O3. The van der Waals surface area contributed by atoms with E-state index in [-0.39, 0.29) is 12.3 Å². The van der Waals surface area contributed by atoms with Gasteiger partial charge in [-0.3, -0.25) is 19.3 Å². The van der Waals surface area contributed by atoms with Crippen LogP contribution in [0.25, 0.3) is 11.3 Å². The number of piperazine rings is 1. The highest BCUT2D eigenvalue weighted by Gasteiger charge is 2.17. The molecule has 184 valence electrons. The number of anilines is 1. The van der Waals surface area contributed by atoms with Gasteiger partial charge in [0.25, 0.3) is 0 Å². The molecule has 1 N–H and O–H groups in total. The van der Waals surface area contributed by atoms with Crippen molar-refractivity contribution < 1.29 is 14.3 Å². The minimum Gasteiger partial charge on any atom is -0.492 e. The third-order valence-corrected chi connectivity index (χ3v) is 6.35. The van der Waals surface area contributed by atoms with Gasteiger partial charge in [-0.15, -0.1) is 0 Å². The number of rotatable bonds is 10. The van der Waals surface area contributed by atoms with E-state index in [9.17, 15) is 9.59 Å². The highest BCUT2D eigenvalue weighted by Crippen LogP contribution is 2.32. The fourth-order valence-electron chi connectivity index (χ4n) is 4.15. The van der Waals surface area contributed by atoms with Crippen molar-refractivity contribution in [1.82, 2.24) is 19.6 Å². The van der Waals surface area contributed by atoms with E-state index in [1.165, 1.54) is 0 Å². The molecule has 9 heteroatoms. The number of aromatic nitrogens is 2. The molecule has 4 rings (SSSR count). The summed E-state index contributed by atoms with van der Waals surface area (Å²) in [5.74, 6) is 0.634. The van der Waals surface area contributed by atoms with E-state index < -0.39 is 0 Å². The fraction of sp³-hybridized carbons (Fsp3) is 0.346. The lowest BCUT2D eigenvalue weighted by molar-refractivity contribution is -0.115. The third kappa shape index (κ3) is 6.91. The van der Waals surface area contributed by atoms with Crippen molar-refractivity contribution in [3.05, 3.63) is 65.3 Å². The van der Waals surface area contributed by atoms with Gasteiger partial charge in [0, 0.05) is 62.2 Å². The van der Waals surface area contributed by atoms with E-state index in [1.54, 1.807) is 23.0 Å². The van der Waals surface area contributed by atoms with Crippen LogP contribution in [-0.2, 0) is 23.1 Å². The molecular weight excluding hydrogens is 466 g/mol. The molecule has 0 aliphatic carbocycles. The first-order valence-corrected chi connectivity index (χ1v) is 12.1. The maximum Gasteiger partial charge on any atom is 0.228 e. The molecule has 2 heterocycles. The van der Waals surface area contributed by atoms with Gasteiger partial charge in [0.1, 0.15) is 18.6 Å². The number of carbonyl (C=O) groups is 2. The van der Waals surface area contributed by atoms with Crippen LogP contribution in [0.15, 0.2) is 54.7 Å². The summed E-state index contributed by atoms with van der Waals surface area (Å²) in [6.45, 7) is 5.47. The van der Waals surface area contributed by atoms with E-state index in [1.807, 2.05) is 43.4 Å². The average Bonchev–Trinajstić information content (AvgIpc) is 3.28. The molecule has 8 nitrogen and oxygen atoms in total. The molecule has 1 amide bonds. The van der Waals surface area contributed by atoms with Gasteiger partial charge in [-0.2, -0.15) is 5.10 Å². The van der Waals surface area contributed by atoms with Crippen LogP contribution in [-0.4, -0.2) is 77.6 Å². The number of hydrogen-bond donors (Lipinski definition) is 1. The maximum absolute atomic E-state index is 12.6. The zero-order valence-corrected chi connectivity index (χ0v) is 20.6. The molecule has 35 heavy (non-hydrogen) atoms. The Kier molecular flexibility index (Phi) is 8.52. The Morgan fingerprint density at radius 3 is 2.51 bits per heavy atom. The van der Waals surface area contributed by atoms with Crippen molar-refractivity contribution >= 4 is 29.5 Å². The quantitative estimate of drug-likeness (QED) is 0.435. The summed E-state index contributed by atoms with van der Waals surface area (Å²) in [5.41, 5.74) is 3.35. The standard InChI is InChI=1S/C26H30ClN5O3/c1-30-24(8-9-28-30)23-19-22(29-26(34)18-20-2-4-21(27)5-3-20)6-7-25(23)35-17-15-32-12-10-31(11-13-32)14-16-33/h2-9,16,19H,10-15,17-18H2,1H3,(H,29,34). The summed E-state index contributed by atoms with van der Waals surface area (Å²) in [4.78, 5) is 27.8. The van der Waals surface area contributed by atoms with Gasteiger partial charge >= 0.3 is 0 Å². The van der Waals surface area contributed by atoms with Crippen LogP contribution in [0.3, 0.4) is 0 Å². The summed E-state index contributed by atoms with van der Waals surface area (Å²) in [7, 11) is 1.88. The largest absolute Gasteiger partial charge is 0.492 e. The number of halogens is 1. The zero-order chi connectivity index (χ0) is 24.6. The van der Waals surface area contributed by atoms with Crippen molar-refractivity contribution in [2.24, 2.45) is 7.05 Å². The third-order valence-electron chi connectivity index (χ3n) is 6.10. The first-order chi connectivity index (χ1) is 17.0. The minimum atomic E-state index is -0.106. The minimum absolute atomic E-state index is 0.106. The van der Waals surface area contributed by atoms with Gasteiger partial charge in [0.05, 0.1) is 18.7 Å². The molecule has 1 fully saturated rings. The van der Waals surface area contributed by atoms with Crippen LogP contribution in [0.2, 0.25) is 5.02 Å². The fourth-order valence-corrected chi connectivity index (χ4v) is 4.28. The summed E-state index contributed by atoms with van der Waals surface area (Å²) < 4.78 is 7.97. The van der Waals surface area contributed by atoms with Crippen LogP contribution >= 0.6 is 11.6 Å². The van der Waals surface area contributed by atoms with E-state index in [2.05, 4.69) is 20.2 Å². The van der Waals surface area contributed by atoms with Crippen LogP contribution in [0.1, 0.15) is 5.56 Å². The van der Waals surface area contributed by atoms with Crippen molar-refractivity contribution in [3.63, 3.8) is 0 Å². The molecule has 0 unspecified atom stereocenters. The van der Waals surface area contributed by atoms with Crippen LogP contribution in [0.5, 0.6) is 5.75 Å². The van der Waals surface area contributed by atoms with Crippen LogP contribution < -0.4 is 10.1 Å². The first kappa shape index (κ1) is 24.9. The topological polar surface area (TPSA) is 79.7 Å². The average molecular weight is 496 g/mol. The summed E-state index contributed by atoms with van der Waals surface area (Å²) in [6.07, 6.45) is 2.96. The van der Waals surface area contributed by atoms with Gasteiger partial charge in [0.2, 0.25) is 5.91 Å². The molecule has 1 aliphatic heterocycles. The highest BCUT2D eigenvalue weighted by molar-refractivity contribution is 6.30. The number of nitrogens with one attached hydrogen (secondary N) is 1. The molecule has 0 spiro atoms. The number of nitrogens with zero attached hydrogens (tertiary/aromatic N) is 4. The van der Waals surface area contributed by atoms with E-state index in [4.69, 9.17) is 16.3 Å². The lowest BCUT2D eigenvalue weighted by Gasteiger charge is -2.33. The Morgan fingerprint density at radius 2 is 1.83 bits per heavy atom. The molecule has 1 aromatic heterocycles. The molecule has 1 aliphatic rings. The van der Waals surface area contributed by atoms with Crippen molar-refractivity contribution in [1.29, 1.82) is 0 Å². The molecule has 0 bridgehead atoms. The number of aryl methyl sites for hydroxylation is 1.